The number of hydrogen-bond acceptors (Lipinski definition) is 8. The molecule has 0 atom stereocenters. The van der Waals surface area contributed by atoms with Crippen LogP contribution in [0.5, 0.6) is 11.5 Å². The Hall–Kier alpha value is -5.12. The Bertz CT molecular complexity index is 1840. The molecule has 0 aliphatic heterocycles. The van der Waals surface area contributed by atoms with E-state index in [0.717, 1.165) is 33.4 Å². The smallest absolute Gasteiger partial charge is 0.343 e. The number of hydrogen-bond donors (Lipinski definition) is 4. The molecule has 5 aromatic rings. The molecule has 8 heteroatoms. The number of aliphatic hydroxyl groups is 4. The maximum atomic E-state index is 13.3. The fraction of sp³-hybridized carbons (Fsp3) is 0.158. The summed E-state index contributed by atoms with van der Waals surface area (Å²) in [6.07, 6.45) is 0. The fourth-order valence-corrected chi connectivity index (χ4v) is 7.03. The highest BCUT2D eigenvalue weighted by Crippen LogP contribution is 2.53. The first-order valence-corrected chi connectivity index (χ1v) is 14.9. The number of aliphatic hydroxyl groups excluding tert-OH is 4. The summed E-state index contributed by atoms with van der Waals surface area (Å²) in [7, 11) is 0. The van der Waals surface area contributed by atoms with Crippen LogP contribution in [-0.2, 0) is 10.8 Å². The Morgan fingerprint density at radius 1 is 0.457 bits per heavy atom. The van der Waals surface area contributed by atoms with Crippen molar-refractivity contribution in [3.05, 3.63) is 143 Å². The van der Waals surface area contributed by atoms with Crippen LogP contribution < -0.4 is 9.47 Å². The summed E-state index contributed by atoms with van der Waals surface area (Å²) in [5.74, 6) is -0.910. The molecular formula is C38H30O8. The first-order valence-electron chi connectivity index (χ1n) is 14.9. The van der Waals surface area contributed by atoms with Crippen molar-refractivity contribution in [2.45, 2.75) is 10.8 Å². The van der Waals surface area contributed by atoms with Gasteiger partial charge in [-0.3, -0.25) is 0 Å². The highest BCUT2D eigenvalue weighted by Gasteiger charge is 2.46. The number of esters is 2. The van der Waals surface area contributed by atoms with E-state index >= 15 is 0 Å². The van der Waals surface area contributed by atoms with E-state index in [4.69, 9.17) is 9.47 Å². The lowest BCUT2D eigenvalue weighted by molar-refractivity contribution is 0.0712. The zero-order valence-electron chi connectivity index (χ0n) is 24.6. The molecule has 0 spiro atoms. The summed E-state index contributed by atoms with van der Waals surface area (Å²) in [5, 5.41) is 41.8. The number of carbonyl (C=O) groups is 2. The standard InChI is InChI=1S/C38H30O8/c39-19-37(20-40)29-11-3-1-7-25(29)27-9-5-13-31(33(27)37)45-35(43)23-15-17-24(18-16-23)36(44)46-32-14-6-10-28-26-8-2-4-12-30(26)38(21-41,22-42)34(28)32/h1-18,39-42H,19-22H2. The van der Waals surface area contributed by atoms with E-state index in [1.807, 2.05) is 60.7 Å². The fourth-order valence-electron chi connectivity index (χ4n) is 7.03. The number of benzene rings is 5. The SMILES string of the molecule is O=C(Oc1cccc2c1C(CO)(CO)c1ccccc1-2)c1ccc(C(=O)Oc2cccc3c2C(CO)(CO)c2ccccc2-3)cc1. The highest BCUT2D eigenvalue weighted by atomic mass is 16.5. The Labute approximate surface area is 264 Å². The van der Waals surface area contributed by atoms with E-state index in [0.29, 0.717) is 11.1 Å². The molecule has 46 heavy (non-hydrogen) atoms. The van der Waals surface area contributed by atoms with Gasteiger partial charge in [0, 0.05) is 11.1 Å². The molecule has 0 bridgehead atoms. The minimum Gasteiger partial charge on any atom is -0.423 e. The van der Waals surface area contributed by atoms with Gasteiger partial charge in [0.1, 0.15) is 11.5 Å². The maximum Gasteiger partial charge on any atom is 0.343 e. The number of ether oxygens (including phenoxy) is 2. The van der Waals surface area contributed by atoms with Gasteiger partial charge in [-0.05, 0) is 69.8 Å². The second kappa shape index (κ2) is 11.3. The van der Waals surface area contributed by atoms with Gasteiger partial charge in [-0.15, -0.1) is 0 Å². The lowest BCUT2D eigenvalue weighted by Crippen LogP contribution is -2.34. The van der Waals surface area contributed by atoms with Gasteiger partial charge in [0.2, 0.25) is 0 Å². The summed E-state index contributed by atoms with van der Waals surface area (Å²) < 4.78 is 11.7. The van der Waals surface area contributed by atoms with Gasteiger partial charge in [-0.2, -0.15) is 0 Å². The van der Waals surface area contributed by atoms with Gasteiger partial charge in [0.25, 0.3) is 0 Å². The molecule has 0 fully saturated rings. The van der Waals surface area contributed by atoms with Gasteiger partial charge < -0.3 is 29.9 Å². The molecule has 2 aliphatic rings. The zero-order valence-corrected chi connectivity index (χ0v) is 24.6. The van der Waals surface area contributed by atoms with Crippen LogP contribution >= 0.6 is 0 Å². The van der Waals surface area contributed by atoms with Crippen LogP contribution in [0.25, 0.3) is 22.3 Å². The largest absolute Gasteiger partial charge is 0.423 e. The van der Waals surface area contributed by atoms with Crippen LogP contribution in [0.15, 0.2) is 109 Å². The van der Waals surface area contributed by atoms with Crippen LogP contribution in [-0.4, -0.2) is 58.8 Å². The molecule has 7 rings (SSSR count). The van der Waals surface area contributed by atoms with Gasteiger partial charge in [0.05, 0.1) is 48.4 Å². The summed E-state index contributed by atoms with van der Waals surface area (Å²) in [4.78, 5) is 26.6. The van der Waals surface area contributed by atoms with Gasteiger partial charge in [-0.25, -0.2) is 9.59 Å². The average Bonchev–Trinajstić information content (AvgIpc) is 3.57. The molecule has 8 nitrogen and oxygen atoms in total. The molecule has 0 radical (unpaired) electrons. The summed E-state index contributed by atoms with van der Waals surface area (Å²) >= 11 is 0. The molecule has 0 saturated carbocycles. The van der Waals surface area contributed by atoms with Crippen molar-refractivity contribution in [3.8, 4) is 33.8 Å². The van der Waals surface area contributed by atoms with Crippen LogP contribution in [0.4, 0.5) is 0 Å². The van der Waals surface area contributed by atoms with Crippen molar-refractivity contribution in [2.75, 3.05) is 26.4 Å². The van der Waals surface area contributed by atoms with E-state index in [1.165, 1.54) is 24.3 Å². The Morgan fingerprint density at radius 3 is 1.17 bits per heavy atom. The third kappa shape index (κ3) is 4.23. The van der Waals surface area contributed by atoms with Crippen molar-refractivity contribution >= 4 is 11.9 Å². The molecule has 230 valence electrons. The number of carbonyl (C=O) groups excluding carboxylic acids is 2. The molecule has 0 unspecified atom stereocenters. The van der Waals surface area contributed by atoms with Gasteiger partial charge >= 0.3 is 11.9 Å². The van der Waals surface area contributed by atoms with Gasteiger partial charge in [0.15, 0.2) is 0 Å². The Balaban J connectivity index is 1.14. The maximum absolute atomic E-state index is 13.3. The van der Waals surface area contributed by atoms with Crippen molar-refractivity contribution in [1.29, 1.82) is 0 Å². The van der Waals surface area contributed by atoms with E-state index in [-0.39, 0.29) is 49.1 Å². The lowest BCUT2D eigenvalue weighted by Gasteiger charge is -2.28. The topological polar surface area (TPSA) is 134 Å². The minimum atomic E-state index is -1.14. The quantitative estimate of drug-likeness (QED) is 0.147. The van der Waals surface area contributed by atoms with Crippen LogP contribution in [0.3, 0.4) is 0 Å². The first kappa shape index (κ1) is 29.6. The molecule has 0 saturated heterocycles. The molecule has 0 heterocycles. The molecule has 4 N–H and O–H groups in total. The molecule has 0 amide bonds. The Kier molecular flexibility index (Phi) is 7.30. The normalized spacial score (nSPS) is 14.5. The molecule has 2 aliphatic carbocycles. The van der Waals surface area contributed by atoms with Crippen LogP contribution in [0, 0.1) is 0 Å². The van der Waals surface area contributed by atoms with E-state index < -0.39 is 22.8 Å². The second-order valence-electron chi connectivity index (χ2n) is 11.6. The minimum absolute atomic E-state index is 0.180. The molecule has 5 aromatic carbocycles. The van der Waals surface area contributed by atoms with Gasteiger partial charge in [-0.1, -0.05) is 72.8 Å². The van der Waals surface area contributed by atoms with E-state index in [1.54, 1.807) is 24.3 Å². The van der Waals surface area contributed by atoms with Crippen LogP contribution in [0.1, 0.15) is 43.0 Å². The zero-order chi connectivity index (χ0) is 32.1. The van der Waals surface area contributed by atoms with Crippen molar-refractivity contribution in [1.82, 2.24) is 0 Å². The predicted molar refractivity (Wildman–Crippen MR) is 170 cm³/mol. The van der Waals surface area contributed by atoms with E-state index in [9.17, 15) is 30.0 Å². The monoisotopic (exact) mass is 614 g/mol. The second-order valence-corrected chi connectivity index (χ2v) is 11.6. The lowest BCUT2D eigenvalue weighted by atomic mass is 9.79. The van der Waals surface area contributed by atoms with Crippen molar-refractivity contribution in [2.24, 2.45) is 0 Å². The third-order valence-corrected chi connectivity index (χ3v) is 9.32. The molecular weight excluding hydrogens is 584 g/mol. The first-order chi connectivity index (χ1) is 22.4. The Morgan fingerprint density at radius 2 is 0.804 bits per heavy atom. The predicted octanol–water partition coefficient (Wildman–Crippen LogP) is 4.63. The molecule has 0 aromatic heterocycles. The number of rotatable bonds is 8. The van der Waals surface area contributed by atoms with Crippen LogP contribution in [0.2, 0.25) is 0 Å². The average molecular weight is 615 g/mol. The highest BCUT2D eigenvalue weighted by molar-refractivity contribution is 5.96. The third-order valence-electron chi connectivity index (χ3n) is 9.32. The van der Waals surface area contributed by atoms with Crippen molar-refractivity contribution < 1.29 is 39.5 Å². The number of fused-ring (bicyclic) bond motifs is 6. The van der Waals surface area contributed by atoms with E-state index in [2.05, 4.69) is 0 Å². The summed E-state index contributed by atoms with van der Waals surface area (Å²) in [5.41, 5.74) is 3.90. The summed E-state index contributed by atoms with van der Waals surface area (Å²) in [6, 6.07) is 31.2. The van der Waals surface area contributed by atoms with Crippen molar-refractivity contribution in [3.63, 3.8) is 0 Å². The summed E-state index contributed by atoms with van der Waals surface area (Å²) in [6.45, 7) is -1.53.